The summed E-state index contributed by atoms with van der Waals surface area (Å²) in [5, 5.41) is 11.3. The number of amidine groups is 1. The molecule has 4 nitrogen and oxygen atoms in total. The maximum Gasteiger partial charge on any atom is 0.249 e. The molecule has 1 N–H and O–H groups in total. The van der Waals surface area contributed by atoms with Crippen LogP contribution in [0, 0.1) is 6.92 Å². The Balaban J connectivity index is 1.78. The number of hydrogen-bond acceptors (Lipinski definition) is 5. The zero-order chi connectivity index (χ0) is 14.6. The van der Waals surface area contributed by atoms with E-state index in [9.17, 15) is 9.90 Å². The van der Waals surface area contributed by atoms with E-state index in [1.165, 1.54) is 17.3 Å². The number of carbonyl (C=O) groups is 1. The van der Waals surface area contributed by atoms with Crippen LogP contribution >= 0.6 is 23.5 Å². The monoisotopic (exact) mass is 320 g/mol. The Hall–Kier alpha value is -0.980. The SMILES string of the molecule is Cc1ccc(C2SCC(O)C23SC2=NCCN2C3=O)cc1. The van der Waals surface area contributed by atoms with Crippen LogP contribution in [-0.2, 0) is 4.79 Å². The first-order valence-electron chi connectivity index (χ1n) is 7.04. The second kappa shape index (κ2) is 4.76. The van der Waals surface area contributed by atoms with Crippen molar-refractivity contribution in [3.05, 3.63) is 35.4 Å². The van der Waals surface area contributed by atoms with Crippen molar-refractivity contribution >= 4 is 34.6 Å². The lowest BCUT2D eigenvalue weighted by Crippen LogP contribution is -2.48. The molecule has 3 unspecified atom stereocenters. The highest BCUT2D eigenvalue weighted by molar-refractivity contribution is 8.17. The summed E-state index contributed by atoms with van der Waals surface area (Å²) in [6, 6.07) is 8.28. The molecule has 110 valence electrons. The minimum Gasteiger partial charge on any atom is -0.390 e. The molecule has 21 heavy (non-hydrogen) atoms. The molecule has 4 rings (SSSR count). The minimum atomic E-state index is -0.792. The second-order valence-electron chi connectivity index (χ2n) is 5.66. The summed E-state index contributed by atoms with van der Waals surface area (Å²) in [6.07, 6.45) is -0.625. The highest BCUT2D eigenvalue weighted by Gasteiger charge is 2.64. The van der Waals surface area contributed by atoms with Gasteiger partial charge in [0, 0.05) is 12.3 Å². The van der Waals surface area contributed by atoms with E-state index in [1.54, 1.807) is 16.7 Å². The molecule has 0 saturated carbocycles. The largest absolute Gasteiger partial charge is 0.390 e. The van der Waals surface area contributed by atoms with Crippen LogP contribution < -0.4 is 0 Å². The fourth-order valence-corrected chi connectivity index (χ4v) is 6.53. The van der Waals surface area contributed by atoms with E-state index in [1.807, 2.05) is 0 Å². The van der Waals surface area contributed by atoms with E-state index in [2.05, 4.69) is 36.2 Å². The predicted molar refractivity (Wildman–Crippen MR) is 86.7 cm³/mol. The summed E-state index contributed by atoms with van der Waals surface area (Å²) in [5.74, 6) is 0.630. The smallest absolute Gasteiger partial charge is 0.249 e. The van der Waals surface area contributed by atoms with Crippen LogP contribution in [0.1, 0.15) is 16.4 Å². The third-order valence-electron chi connectivity index (χ3n) is 4.33. The maximum atomic E-state index is 12.9. The van der Waals surface area contributed by atoms with Gasteiger partial charge in [-0.15, -0.1) is 11.8 Å². The summed E-state index contributed by atoms with van der Waals surface area (Å²) in [4.78, 5) is 19.1. The molecule has 1 spiro atoms. The number of aryl methyl sites for hydroxylation is 1. The van der Waals surface area contributed by atoms with E-state index in [4.69, 9.17) is 0 Å². The van der Waals surface area contributed by atoms with Crippen molar-refractivity contribution in [1.29, 1.82) is 0 Å². The van der Waals surface area contributed by atoms with Crippen molar-refractivity contribution in [1.82, 2.24) is 4.90 Å². The van der Waals surface area contributed by atoms with Gasteiger partial charge in [0.05, 0.1) is 17.9 Å². The third-order valence-corrected chi connectivity index (χ3v) is 7.51. The molecule has 2 fully saturated rings. The molecule has 0 aliphatic carbocycles. The lowest BCUT2D eigenvalue weighted by molar-refractivity contribution is -0.131. The molecule has 3 atom stereocenters. The first kappa shape index (κ1) is 13.7. The molecule has 0 radical (unpaired) electrons. The topological polar surface area (TPSA) is 52.9 Å². The zero-order valence-electron chi connectivity index (χ0n) is 11.7. The molecule has 3 aliphatic rings. The van der Waals surface area contributed by atoms with Gasteiger partial charge in [0.2, 0.25) is 5.91 Å². The lowest BCUT2D eigenvalue weighted by Gasteiger charge is -2.30. The molecular formula is C15H16N2O2S2. The number of fused-ring (bicyclic) bond motifs is 1. The number of aliphatic imine (C=N–C) groups is 1. The molecule has 0 bridgehead atoms. The van der Waals surface area contributed by atoms with Crippen molar-refractivity contribution < 1.29 is 9.90 Å². The number of aliphatic hydroxyl groups excluding tert-OH is 1. The number of nitrogens with zero attached hydrogens (tertiary/aromatic N) is 2. The maximum absolute atomic E-state index is 12.9. The minimum absolute atomic E-state index is 0.0149. The predicted octanol–water partition coefficient (Wildman–Crippen LogP) is 1.83. The Morgan fingerprint density at radius 2 is 2.14 bits per heavy atom. The van der Waals surface area contributed by atoms with E-state index < -0.39 is 10.9 Å². The van der Waals surface area contributed by atoms with Crippen LogP contribution in [0.15, 0.2) is 29.3 Å². The summed E-state index contributed by atoms with van der Waals surface area (Å²) in [5.41, 5.74) is 2.32. The van der Waals surface area contributed by atoms with Gasteiger partial charge in [-0.2, -0.15) is 0 Å². The van der Waals surface area contributed by atoms with E-state index >= 15 is 0 Å². The first-order chi connectivity index (χ1) is 10.1. The van der Waals surface area contributed by atoms with Crippen LogP contribution in [0.2, 0.25) is 0 Å². The van der Waals surface area contributed by atoms with Gasteiger partial charge in [-0.1, -0.05) is 41.6 Å². The van der Waals surface area contributed by atoms with Crippen LogP contribution in [0.25, 0.3) is 0 Å². The molecule has 1 aromatic rings. The van der Waals surface area contributed by atoms with Crippen molar-refractivity contribution in [3.8, 4) is 0 Å². The highest BCUT2D eigenvalue weighted by Crippen LogP contribution is 2.59. The highest BCUT2D eigenvalue weighted by atomic mass is 32.2. The second-order valence-corrected chi connectivity index (χ2v) is 8.04. The normalized spacial score (nSPS) is 34.7. The fraction of sp³-hybridized carbons (Fsp3) is 0.467. The Morgan fingerprint density at radius 3 is 2.86 bits per heavy atom. The molecule has 2 saturated heterocycles. The number of hydrogen-bond donors (Lipinski definition) is 1. The van der Waals surface area contributed by atoms with E-state index in [-0.39, 0.29) is 11.2 Å². The Morgan fingerprint density at radius 1 is 1.38 bits per heavy atom. The van der Waals surface area contributed by atoms with Crippen LogP contribution in [0.3, 0.4) is 0 Å². The number of aliphatic hydroxyl groups is 1. The van der Waals surface area contributed by atoms with Crippen molar-refractivity contribution in [2.24, 2.45) is 4.99 Å². The summed E-state index contributed by atoms with van der Waals surface area (Å²) >= 11 is 3.14. The van der Waals surface area contributed by atoms with Gasteiger partial charge in [0.25, 0.3) is 0 Å². The van der Waals surface area contributed by atoms with Gasteiger partial charge in [0.1, 0.15) is 4.75 Å². The number of amides is 1. The van der Waals surface area contributed by atoms with Crippen LogP contribution in [-0.4, -0.2) is 50.8 Å². The van der Waals surface area contributed by atoms with Crippen LogP contribution in [0.5, 0.6) is 0 Å². The molecule has 1 amide bonds. The Bertz CT molecular complexity index is 631. The molecule has 0 aromatic heterocycles. The van der Waals surface area contributed by atoms with E-state index in [0.717, 1.165) is 10.7 Å². The van der Waals surface area contributed by atoms with Gasteiger partial charge in [0.15, 0.2) is 5.17 Å². The number of rotatable bonds is 1. The number of benzene rings is 1. The van der Waals surface area contributed by atoms with Crippen molar-refractivity contribution in [3.63, 3.8) is 0 Å². The van der Waals surface area contributed by atoms with E-state index in [0.29, 0.717) is 18.8 Å². The van der Waals surface area contributed by atoms with Crippen LogP contribution in [0.4, 0.5) is 0 Å². The number of carbonyl (C=O) groups excluding carboxylic acids is 1. The quantitative estimate of drug-likeness (QED) is 0.858. The summed E-state index contributed by atoms with van der Waals surface area (Å²) in [7, 11) is 0. The van der Waals surface area contributed by atoms with Crippen molar-refractivity contribution in [2.45, 2.75) is 23.0 Å². The standard InChI is InChI=1S/C15H16N2O2S2/c1-9-2-4-10(5-3-9)12-15(11(18)8-20-12)13(19)17-7-6-16-14(17)21-15/h2-5,11-12,18H,6-8H2,1H3. The molecule has 1 aromatic carbocycles. The number of thioether (sulfide) groups is 2. The Labute approximate surface area is 132 Å². The third kappa shape index (κ3) is 1.82. The first-order valence-corrected chi connectivity index (χ1v) is 8.91. The van der Waals surface area contributed by atoms with Gasteiger partial charge < -0.3 is 5.11 Å². The van der Waals surface area contributed by atoms with Gasteiger partial charge >= 0.3 is 0 Å². The molecule has 3 heterocycles. The molecule has 6 heteroatoms. The summed E-state index contributed by atoms with van der Waals surface area (Å²) < 4.78 is -0.792. The molecular weight excluding hydrogens is 304 g/mol. The fourth-order valence-electron chi connectivity index (χ4n) is 3.18. The summed E-state index contributed by atoms with van der Waals surface area (Å²) in [6.45, 7) is 3.39. The zero-order valence-corrected chi connectivity index (χ0v) is 13.3. The Kier molecular flexibility index (Phi) is 3.10. The molecule has 3 aliphatic heterocycles. The van der Waals surface area contributed by atoms with Gasteiger partial charge in [-0.3, -0.25) is 14.7 Å². The van der Waals surface area contributed by atoms with Gasteiger partial charge in [-0.25, -0.2) is 0 Å². The van der Waals surface area contributed by atoms with Crippen molar-refractivity contribution in [2.75, 3.05) is 18.8 Å². The lowest BCUT2D eigenvalue weighted by atomic mass is 9.91. The average Bonchev–Trinajstić information content (AvgIpc) is 3.12. The average molecular weight is 320 g/mol. The van der Waals surface area contributed by atoms with Gasteiger partial charge in [-0.05, 0) is 12.5 Å².